The highest BCUT2D eigenvalue weighted by Gasteiger charge is 2.26. The predicted molar refractivity (Wildman–Crippen MR) is 61.8 cm³/mol. The molecule has 0 spiro atoms. The molecular formula is C12H10ClNO2. The van der Waals surface area contributed by atoms with Crippen LogP contribution in [-0.2, 0) is 9.59 Å². The molecule has 2 amide bonds. The van der Waals surface area contributed by atoms with Gasteiger partial charge in [0.05, 0.1) is 6.42 Å². The molecule has 0 saturated carbocycles. The van der Waals surface area contributed by atoms with Crippen LogP contribution >= 0.6 is 11.6 Å². The van der Waals surface area contributed by atoms with E-state index in [0.717, 1.165) is 11.1 Å². The van der Waals surface area contributed by atoms with E-state index in [0.29, 0.717) is 10.6 Å². The molecule has 1 aliphatic rings. The number of carbonyl (C=O) groups excluding carboxylic acids is 2. The van der Waals surface area contributed by atoms with Gasteiger partial charge in [0.15, 0.2) is 0 Å². The van der Waals surface area contributed by atoms with Crippen LogP contribution in [0.2, 0.25) is 5.02 Å². The third kappa shape index (κ3) is 1.99. The Morgan fingerprint density at radius 3 is 2.69 bits per heavy atom. The van der Waals surface area contributed by atoms with Crippen LogP contribution in [0.15, 0.2) is 29.8 Å². The van der Waals surface area contributed by atoms with Crippen molar-refractivity contribution in [3.63, 3.8) is 0 Å². The summed E-state index contributed by atoms with van der Waals surface area (Å²) >= 11 is 5.87. The van der Waals surface area contributed by atoms with Crippen LogP contribution in [0.25, 0.3) is 5.57 Å². The number of amides is 2. The molecule has 1 aromatic carbocycles. The van der Waals surface area contributed by atoms with Gasteiger partial charge in [-0.05, 0) is 30.2 Å². The quantitative estimate of drug-likeness (QED) is 0.599. The van der Waals surface area contributed by atoms with Crippen molar-refractivity contribution in [3.8, 4) is 0 Å². The van der Waals surface area contributed by atoms with Gasteiger partial charge < -0.3 is 0 Å². The average molecular weight is 236 g/mol. The molecule has 1 N–H and O–H groups in total. The summed E-state index contributed by atoms with van der Waals surface area (Å²) < 4.78 is 0. The number of hydrogen-bond donors (Lipinski definition) is 1. The number of allylic oxidation sites excluding steroid dienone is 1. The minimum atomic E-state index is -0.303. The molecule has 0 atom stereocenters. The van der Waals surface area contributed by atoms with Crippen molar-refractivity contribution in [1.82, 2.24) is 5.32 Å². The topological polar surface area (TPSA) is 46.2 Å². The Balaban J connectivity index is 2.45. The normalized spacial score (nSPS) is 18.6. The molecule has 1 saturated heterocycles. The van der Waals surface area contributed by atoms with Gasteiger partial charge in [-0.2, -0.15) is 0 Å². The lowest BCUT2D eigenvalue weighted by Gasteiger charge is -2.04. The molecule has 82 valence electrons. The van der Waals surface area contributed by atoms with Crippen LogP contribution in [0.3, 0.4) is 0 Å². The zero-order valence-electron chi connectivity index (χ0n) is 8.71. The van der Waals surface area contributed by atoms with Crippen molar-refractivity contribution < 1.29 is 9.59 Å². The lowest BCUT2D eigenvalue weighted by Crippen LogP contribution is -2.19. The number of hydrogen-bond acceptors (Lipinski definition) is 2. The number of benzene rings is 1. The van der Waals surface area contributed by atoms with Gasteiger partial charge in [0.2, 0.25) is 5.91 Å². The van der Waals surface area contributed by atoms with E-state index >= 15 is 0 Å². The van der Waals surface area contributed by atoms with Gasteiger partial charge in [-0.1, -0.05) is 23.7 Å². The molecule has 0 aromatic heterocycles. The second-order valence-corrected chi connectivity index (χ2v) is 4.10. The van der Waals surface area contributed by atoms with E-state index in [4.69, 9.17) is 11.6 Å². The first-order chi connectivity index (χ1) is 7.58. The van der Waals surface area contributed by atoms with Gasteiger partial charge in [0.25, 0.3) is 5.91 Å². The number of rotatable bonds is 1. The summed E-state index contributed by atoms with van der Waals surface area (Å²) in [4.78, 5) is 22.5. The summed E-state index contributed by atoms with van der Waals surface area (Å²) in [5.41, 5.74) is 2.19. The molecule has 1 heterocycles. The minimum absolute atomic E-state index is 0.150. The molecule has 1 aliphatic heterocycles. The van der Waals surface area contributed by atoms with E-state index in [2.05, 4.69) is 5.32 Å². The van der Waals surface area contributed by atoms with Crippen LogP contribution < -0.4 is 5.32 Å². The second kappa shape index (κ2) is 4.10. The number of halogens is 1. The van der Waals surface area contributed by atoms with Crippen LogP contribution in [0, 0.1) is 0 Å². The van der Waals surface area contributed by atoms with Crippen molar-refractivity contribution in [1.29, 1.82) is 0 Å². The summed E-state index contributed by atoms with van der Waals surface area (Å²) in [6, 6.07) is 7.23. The molecule has 3 nitrogen and oxygen atoms in total. The highest BCUT2D eigenvalue weighted by molar-refractivity contribution is 6.30. The first-order valence-corrected chi connectivity index (χ1v) is 5.25. The Bertz CT molecular complexity index is 505. The molecule has 0 aliphatic carbocycles. The Morgan fingerprint density at radius 2 is 2.12 bits per heavy atom. The van der Waals surface area contributed by atoms with Gasteiger partial charge in [-0.25, -0.2) is 0 Å². The highest BCUT2D eigenvalue weighted by Crippen LogP contribution is 2.25. The maximum absolute atomic E-state index is 11.5. The maximum Gasteiger partial charge on any atom is 0.254 e. The van der Waals surface area contributed by atoms with Gasteiger partial charge in [0, 0.05) is 10.6 Å². The van der Waals surface area contributed by atoms with Crippen molar-refractivity contribution in [2.24, 2.45) is 0 Å². The largest absolute Gasteiger partial charge is 0.292 e. The third-order valence-electron chi connectivity index (χ3n) is 2.57. The lowest BCUT2D eigenvalue weighted by molar-refractivity contribution is -0.124. The first kappa shape index (κ1) is 10.9. The summed E-state index contributed by atoms with van der Waals surface area (Å²) in [5.74, 6) is -0.552. The average Bonchev–Trinajstić information content (AvgIpc) is 2.57. The molecule has 1 aromatic rings. The molecule has 1 fully saturated rings. The fourth-order valence-corrected chi connectivity index (χ4v) is 1.88. The highest BCUT2D eigenvalue weighted by atomic mass is 35.5. The SMILES string of the molecule is CC(=C1CC(=O)NC1=O)c1cccc(Cl)c1. The summed E-state index contributed by atoms with van der Waals surface area (Å²) in [6.45, 7) is 1.82. The molecule has 16 heavy (non-hydrogen) atoms. The van der Waals surface area contributed by atoms with Gasteiger partial charge >= 0.3 is 0 Å². The number of nitrogens with one attached hydrogen (secondary N) is 1. The van der Waals surface area contributed by atoms with Gasteiger partial charge in [0.1, 0.15) is 0 Å². The monoisotopic (exact) mass is 235 g/mol. The maximum atomic E-state index is 11.5. The standard InChI is InChI=1S/C12H10ClNO2/c1-7(8-3-2-4-9(13)5-8)10-6-11(15)14-12(10)16/h2-5H,6H2,1H3,(H,14,15,16). The van der Waals surface area contributed by atoms with Crippen molar-refractivity contribution >= 4 is 29.0 Å². The Morgan fingerprint density at radius 1 is 1.38 bits per heavy atom. The fraction of sp³-hybridized carbons (Fsp3) is 0.167. The van der Waals surface area contributed by atoms with Crippen LogP contribution in [0.4, 0.5) is 0 Å². The third-order valence-corrected chi connectivity index (χ3v) is 2.81. The summed E-state index contributed by atoms with van der Waals surface area (Å²) in [7, 11) is 0. The lowest BCUT2D eigenvalue weighted by atomic mass is 10.0. The Labute approximate surface area is 98.1 Å². The molecule has 2 rings (SSSR count). The van der Waals surface area contributed by atoms with Crippen molar-refractivity contribution in [2.75, 3.05) is 0 Å². The Kier molecular flexibility index (Phi) is 2.79. The van der Waals surface area contributed by atoms with Gasteiger partial charge in [-0.3, -0.25) is 14.9 Å². The van der Waals surface area contributed by atoms with Crippen molar-refractivity contribution in [2.45, 2.75) is 13.3 Å². The molecule has 0 radical (unpaired) electrons. The summed E-state index contributed by atoms with van der Waals surface area (Å²) in [5, 5.41) is 2.88. The second-order valence-electron chi connectivity index (χ2n) is 3.67. The van der Waals surface area contributed by atoms with E-state index in [1.807, 2.05) is 19.1 Å². The smallest absolute Gasteiger partial charge is 0.254 e. The zero-order valence-corrected chi connectivity index (χ0v) is 9.47. The molecule has 4 heteroatoms. The minimum Gasteiger partial charge on any atom is -0.292 e. The first-order valence-electron chi connectivity index (χ1n) is 4.88. The van der Waals surface area contributed by atoms with Crippen LogP contribution in [-0.4, -0.2) is 11.8 Å². The van der Waals surface area contributed by atoms with E-state index < -0.39 is 0 Å². The summed E-state index contributed by atoms with van der Waals surface area (Å²) in [6.07, 6.45) is 0.150. The van der Waals surface area contributed by atoms with E-state index in [1.165, 1.54) is 0 Å². The molecular weight excluding hydrogens is 226 g/mol. The molecule has 0 bridgehead atoms. The number of imide groups is 1. The van der Waals surface area contributed by atoms with E-state index in [9.17, 15) is 9.59 Å². The van der Waals surface area contributed by atoms with Crippen LogP contribution in [0.5, 0.6) is 0 Å². The van der Waals surface area contributed by atoms with E-state index in [1.54, 1.807) is 12.1 Å². The molecule has 0 unspecified atom stereocenters. The van der Waals surface area contributed by atoms with E-state index in [-0.39, 0.29) is 18.2 Å². The Hall–Kier alpha value is -1.61. The zero-order chi connectivity index (χ0) is 11.7. The number of carbonyl (C=O) groups is 2. The van der Waals surface area contributed by atoms with Crippen LogP contribution in [0.1, 0.15) is 18.9 Å². The fourth-order valence-electron chi connectivity index (χ4n) is 1.69. The predicted octanol–water partition coefficient (Wildman–Crippen LogP) is 2.16. The van der Waals surface area contributed by atoms with Gasteiger partial charge in [-0.15, -0.1) is 0 Å². The van der Waals surface area contributed by atoms with Crippen molar-refractivity contribution in [3.05, 3.63) is 40.4 Å².